The first-order chi connectivity index (χ1) is 21.3. The molecule has 2 aromatic carbocycles. The van der Waals surface area contributed by atoms with E-state index < -0.39 is 36.1 Å². The number of aromatic nitrogens is 3. The van der Waals surface area contributed by atoms with Gasteiger partial charge in [-0.05, 0) is 43.8 Å². The molecule has 44 heavy (non-hydrogen) atoms. The van der Waals surface area contributed by atoms with Crippen molar-refractivity contribution in [2.24, 2.45) is 0 Å². The summed E-state index contributed by atoms with van der Waals surface area (Å²) in [6.07, 6.45) is 8.96. The molecule has 3 aliphatic heterocycles. The zero-order chi connectivity index (χ0) is 30.6. The van der Waals surface area contributed by atoms with E-state index in [1.807, 2.05) is 4.90 Å². The number of terminal acetylenes is 1. The van der Waals surface area contributed by atoms with Gasteiger partial charge in [-0.15, -0.1) is 6.42 Å². The number of likely N-dealkylation sites (N-methyl/N-ethyl adjacent to an activating group) is 1. The Kier molecular flexibility index (Phi) is 7.29. The predicted octanol–water partition coefficient (Wildman–Crippen LogP) is 5.20. The van der Waals surface area contributed by atoms with Crippen molar-refractivity contribution < 1.29 is 22.3 Å². The average molecular weight is 605 g/mol. The van der Waals surface area contributed by atoms with Crippen molar-refractivity contribution in [1.29, 1.82) is 0 Å². The van der Waals surface area contributed by atoms with Gasteiger partial charge in [-0.3, -0.25) is 9.88 Å². The summed E-state index contributed by atoms with van der Waals surface area (Å²) in [4.78, 5) is 17.6. The average Bonchev–Trinajstić information content (AvgIpc) is 3.74. The Hall–Kier alpha value is -4.01. The van der Waals surface area contributed by atoms with Gasteiger partial charge in [0.2, 0.25) is 0 Å². The molecule has 11 heteroatoms. The summed E-state index contributed by atoms with van der Waals surface area (Å²) >= 11 is 0. The fraction of sp³-hybridized carbons (Fsp3) is 0.424. The standard InChI is InChI=1S/C33H32F4N6O/c1-3-21-24(36)9-8-19-6-4-7-22(27(19)21)29-28(37)30-23(16-39-29)31(42(2)26-10-12-38-25(26)15-34)41-32(40-30)44-18-33-11-5-13-43(33)17-20(35)14-33/h1,4,6-9,16,20,25-26,38H,5,10-15,17-18H2,2H3/t20-,25-,26-,33+/m1/s1. The first-order valence-electron chi connectivity index (χ1n) is 14.9. The van der Waals surface area contributed by atoms with Crippen LogP contribution in [0.2, 0.25) is 0 Å². The van der Waals surface area contributed by atoms with Crippen LogP contribution in [-0.4, -0.2) is 83.6 Å². The van der Waals surface area contributed by atoms with Crippen LogP contribution in [-0.2, 0) is 0 Å². The third kappa shape index (κ3) is 4.63. The number of pyridine rings is 1. The summed E-state index contributed by atoms with van der Waals surface area (Å²) in [5, 5.41) is 4.49. The second-order valence-corrected chi connectivity index (χ2v) is 12.0. The Morgan fingerprint density at radius 1 is 1.23 bits per heavy atom. The van der Waals surface area contributed by atoms with E-state index in [2.05, 4.69) is 31.1 Å². The third-order valence-electron chi connectivity index (χ3n) is 9.58. The van der Waals surface area contributed by atoms with Crippen molar-refractivity contribution in [3.05, 3.63) is 53.7 Å². The molecule has 3 saturated heterocycles. The van der Waals surface area contributed by atoms with Crippen LogP contribution in [0.1, 0.15) is 31.2 Å². The molecule has 0 radical (unpaired) electrons. The van der Waals surface area contributed by atoms with E-state index in [9.17, 15) is 13.2 Å². The van der Waals surface area contributed by atoms with Crippen LogP contribution in [0.4, 0.5) is 23.4 Å². The fourth-order valence-electron chi connectivity index (χ4n) is 7.41. The van der Waals surface area contributed by atoms with Gasteiger partial charge < -0.3 is 15.0 Å². The van der Waals surface area contributed by atoms with E-state index in [0.29, 0.717) is 53.5 Å². The lowest BCUT2D eigenvalue weighted by Crippen LogP contribution is -2.44. The fourth-order valence-corrected chi connectivity index (χ4v) is 7.41. The summed E-state index contributed by atoms with van der Waals surface area (Å²) in [6, 6.07) is 7.27. The topological polar surface area (TPSA) is 66.4 Å². The highest BCUT2D eigenvalue weighted by molar-refractivity contribution is 6.02. The molecule has 228 valence electrons. The number of ether oxygens (including phenoxy) is 1. The number of benzene rings is 2. The van der Waals surface area contributed by atoms with Crippen molar-refractivity contribution in [3.8, 4) is 29.6 Å². The number of fused-ring (bicyclic) bond motifs is 3. The number of nitrogens with one attached hydrogen (secondary N) is 1. The molecule has 5 heterocycles. The van der Waals surface area contributed by atoms with Crippen LogP contribution in [0.3, 0.4) is 0 Å². The Labute approximate surface area is 252 Å². The second kappa shape index (κ2) is 11.2. The molecule has 0 bridgehead atoms. The molecule has 3 aliphatic rings. The number of halogens is 4. The molecule has 0 unspecified atom stereocenters. The van der Waals surface area contributed by atoms with Gasteiger partial charge in [0.15, 0.2) is 5.82 Å². The van der Waals surface area contributed by atoms with E-state index in [4.69, 9.17) is 11.2 Å². The first-order valence-corrected chi connectivity index (χ1v) is 14.9. The van der Waals surface area contributed by atoms with Crippen molar-refractivity contribution >= 4 is 27.5 Å². The summed E-state index contributed by atoms with van der Waals surface area (Å²) in [7, 11) is 1.78. The zero-order valence-corrected chi connectivity index (χ0v) is 24.3. The van der Waals surface area contributed by atoms with Gasteiger partial charge in [-0.1, -0.05) is 30.2 Å². The molecule has 3 fully saturated rings. The number of rotatable bonds is 7. The molecular weight excluding hydrogens is 572 g/mol. The molecule has 0 saturated carbocycles. The Balaban J connectivity index is 1.37. The monoisotopic (exact) mass is 604 g/mol. The van der Waals surface area contributed by atoms with Gasteiger partial charge in [0.1, 0.15) is 42.3 Å². The van der Waals surface area contributed by atoms with E-state index in [-0.39, 0.29) is 35.4 Å². The maximum absolute atomic E-state index is 16.7. The van der Waals surface area contributed by atoms with Gasteiger partial charge in [0, 0.05) is 43.2 Å². The molecule has 7 rings (SSSR count). The van der Waals surface area contributed by atoms with Gasteiger partial charge in [-0.2, -0.15) is 9.97 Å². The number of nitrogens with zero attached hydrogens (tertiary/aromatic N) is 5. The Morgan fingerprint density at radius 2 is 2.09 bits per heavy atom. The minimum Gasteiger partial charge on any atom is -0.461 e. The molecule has 2 aromatic heterocycles. The quantitative estimate of drug-likeness (QED) is 0.230. The highest BCUT2D eigenvalue weighted by Gasteiger charge is 2.49. The summed E-state index contributed by atoms with van der Waals surface area (Å²) in [5.41, 5.74) is -0.219. The van der Waals surface area contributed by atoms with Gasteiger partial charge in [0.05, 0.1) is 22.5 Å². The van der Waals surface area contributed by atoms with Crippen LogP contribution in [0.25, 0.3) is 32.9 Å². The van der Waals surface area contributed by atoms with Crippen LogP contribution in [0.5, 0.6) is 6.01 Å². The van der Waals surface area contributed by atoms with Gasteiger partial charge in [0.25, 0.3) is 0 Å². The lowest BCUT2D eigenvalue weighted by atomic mass is 9.95. The van der Waals surface area contributed by atoms with E-state index in [1.54, 1.807) is 31.3 Å². The Morgan fingerprint density at radius 3 is 2.91 bits per heavy atom. The first kappa shape index (κ1) is 28.7. The van der Waals surface area contributed by atoms with Crippen LogP contribution < -0.4 is 15.0 Å². The zero-order valence-electron chi connectivity index (χ0n) is 24.3. The maximum Gasteiger partial charge on any atom is 0.319 e. The molecule has 1 N–H and O–H groups in total. The molecule has 0 aliphatic carbocycles. The molecule has 4 atom stereocenters. The van der Waals surface area contributed by atoms with Crippen LogP contribution in [0, 0.1) is 24.0 Å². The summed E-state index contributed by atoms with van der Waals surface area (Å²) in [5.74, 6) is 1.40. The minimum atomic E-state index is -0.935. The predicted molar refractivity (Wildman–Crippen MR) is 161 cm³/mol. The molecular formula is C33H32F4N6O. The van der Waals surface area contributed by atoms with Gasteiger partial charge >= 0.3 is 6.01 Å². The van der Waals surface area contributed by atoms with Crippen molar-refractivity contribution in [3.63, 3.8) is 0 Å². The normalized spacial score (nSPS) is 25.0. The van der Waals surface area contributed by atoms with E-state index in [1.165, 1.54) is 12.3 Å². The van der Waals surface area contributed by atoms with Crippen molar-refractivity contribution in [2.45, 2.75) is 49.5 Å². The molecule has 7 nitrogen and oxygen atoms in total. The second-order valence-electron chi connectivity index (χ2n) is 12.0. The molecule has 0 spiro atoms. The smallest absolute Gasteiger partial charge is 0.319 e. The molecule has 4 aromatic rings. The Bertz CT molecular complexity index is 1800. The number of alkyl halides is 2. The third-order valence-corrected chi connectivity index (χ3v) is 9.58. The van der Waals surface area contributed by atoms with Gasteiger partial charge in [-0.25, -0.2) is 17.6 Å². The van der Waals surface area contributed by atoms with Crippen molar-refractivity contribution in [2.75, 3.05) is 44.9 Å². The lowest BCUT2D eigenvalue weighted by molar-refractivity contribution is 0.107. The minimum absolute atomic E-state index is 0.0145. The van der Waals surface area contributed by atoms with Crippen LogP contribution >= 0.6 is 0 Å². The SMILES string of the molecule is C#Cc1c(F)ccc2cccc(-c3ncc4c(N(C)[C@@H]5CCN[C@@H]5CF)nc(OC[C@@]56CCCN5C[C@H](F)C6)nc4c3F)c12. The number of hydrogen-bond acceptors (Lipinski definition) is 7. The summed E-state index contributed by atoms with van der Waals surface area (Å²) < 4.78 is 65.9. The summed E-state index contributed by atoms with van der Waals surface area (Å²) in [6.45, 7) is 1.38. The maximum atomic E-state index is 16.7. The van der Waals surface area contributed by atoms with E-state index >= 15 is 4.39 Å². The largest absolute Gasteiger partial charge is 0.461 e. The number of anilines is 1. The van der Waals surface area contributed by atoms with Crippen LogP contribution in [0.15, 0.2) is 36.5 Å². The number of hydrogen-bond donors (Lipinski definition) is 1. The highest BCUT2D eigenvalue weighted by atomic mass is 19.1. The van der Waals surface area contributed by atoms with Crippen molar-refractivity contribution in [1.82, 2.24) is 25.2 Å². The lowest BCUT2D eigenvalue weighted by Gasteiger charge is -2.32. The highest BCUT2D eigenvalue weighted by Crippen LogP contribution is 2.41. The van der Waals surface area contributed by atoms with E-state index in [0.717, 1.165) is 19.4 Å². The molecule has 0 amide bonds.